The van der Waals surface area contributed by atoms with E-state index in [1.54, 1.807) is 0 Å². The van der Waals surface area contributed by atoms with E-state index in [1.165, 1.54) is 5.56 Å². The molecule has 0 bridgehead atoms. The van der Waals surface area contributed by atoms with Gasteiger partial charge in [-0.3, -0.25) is 0 Å². The molecule has 0 saturated heterocycles. The van der Waals surface area contributed by atoms with Crippen LogP contribution in [0.25, 0.3) is 0 Å². The van der Waals surface area contributed by atoms with E-state index < -0.39 is 0 Å². The first kappa shape index (κ1) is 26.0. The van der Waals surface area contributed by atoms with Crippen molar-refractivity contribution in [1.29, 1.82) is 0 Å². The molecule has 1 aromatic carbocycles. The fraction of sp³-hybridized carbons (Fsp3) is 0.625. The molecular formula is C16H37B12NO. The minimum Gasteiger partial charge on any atom is -0.508 e. The number of phenolic OH excluding ortho intramolecular Hbond substituents is 1. The SMILES string of the molecule is BC(CN(C)C)(c1ccc(O)cc1)C1(B)C(B)(B)C(B)(B)C(B)(B)C(B)(B)C1(B)B. The maximum absolute atomic E-state index is 10.0. The van der Waals surface area contributed by atoms with Crippen LogP contribution in [-0.2, 0) is 5.31 Å². The molecule has 1 atom stereocenters. The topological polar surface area (TPSA) is 23.5 Å². The third-order valence-electron chi connectivity index (χ3n) is 12.0. The van der Waals surface area contributed by atoms with Gasteiger partial charge in [0.1, 0.15) is 21.4 Å². The molecule has 0 aliphatic heterocycles. The van der Waals surface area contributed by atoms with Gasteiger partial charge in [-0.15, -0.1) is 15.6 Å². The normalized spacial score (nSPS) is 27.0. The molecule has 1 saturated carbocycles. The Kier molecular flexibility index (Phi) is 6.18. The fourth-order valence-corrected chi connectivity index (χ4v) is 7.75. The molecule has 0 heterocycles. The Balaban J connectivity index is 3.01. The van der Waals surface area contributed by atoms with Crippen LogP contribution in [0.1, 0.15) is 5.56 Å². The minimum absolute atomic E-state index is 0.0329. The van der Waals surface area contributed by atoms with Crippen LogP contribution in [0.3, 0.4) is 0 Å². The highest BCUT2D eigenvalue weighted by Gasteiger charge is 2.74. The summed E-state index contributed by atoms with van der Waals surface area (Å²) in [5.74, 6) is 0.333. The largest absolute Gasteiger partial charge is 0.508 e. The van der Waals surface area contributed by atoms with Gasteiger partial charge in [0.15, 0.2) is 0 Å². The van der Waals surface area contributed by atoms with Crippen molar-refractivity contribution in [2.24, 2.45) is 0 Å². The summed E-state index contributed by atoms with van der Waals surface area (Å²) in [6.45, 7) is 0.952. The van der Waals surface area contributed by atoms with Crippen LogP contribution in [0, 0.1) is 0 Å². The smallest absolute Gasteiger partial charge is 0.116 e. The van der Waals surface area contributed by atoms with Gasteiger partial charge < -0.3 is 10.0 Å². The summed E-state index contributed by atoms with van der Waals surface area (Å²) in [7, 11) is 34.4. The van der Waals surface area contributed by atoms with Crippen LogP contribution >= 0.6 is 0 Å². The average molecular weight is 389 g/mol. The van der Waals surface area contributed by atoms with Gasteiger partial charge in [0, 0.05) is 0 Å². The Morgan fingerprint density at radius 1 is 0.700 bits per heavy atom. The van der Waals surface area contributed by atoms with E-state index in [4.69, 9.17) is 0 Å². The molecule has 1 aliphatic carbocycles. The van der Waals surface area contributed by atoms with Crippen LogP contribution in [-0.4, -0.2) is 125 Å². The molecule has 1 fully saturated rings. The molecule has 14 heteroatoms. The number of likely N-dealkylation sites (N-methyl/N-ethyl adjacent to an activating group) is 1. The maximum atomic E-state index is 10.0. The molecular weight excluding hydrogens is 352 g/mol. The van der Waals surface area contributed by atoms with E-state index in [9.17, 15) is 5.11 Å². The van der Waals surface area contributed by atoms with Crippen LogP contribution < -0.4 is 0 Å². The molecule has 1 aromatic rings. The fourth-order valence-electron chi connectivity index (χ4n) is 7.75. The molecule has 148 valence electrons. The molecule has 1 unspecified atom stereocenters. The summed E-state index contributed by atoms with van der Waals surface area (Å²) in [5.41, 5.74) is 1.31. The summed E-state index contributed by atoms with van der Waals surface area (Å²) in [5, 5.41) is 10.2. The third kappa shape index (κ3) is 2.83. The Bertz CT molecular complexity index is 777. The highest BCUT2D eigenvalue weighted by molar-refractivity contribution is 6.72. The number of aromatic hydroxyl groups is 1. The second kappa shape index (κ2) is 7.13. The predicted octanol–water partition coefficient (Wildman–Crippen LogP) is -8.50. The molecule has 0 aromatic heterocycles. The van der Waals surface area contributed by atoms with Crippen molar-refractivity contribution < 1.29 is 5.11 Å². The lowest BCUT2D eigenvalue weighted by Gasteiger charge is -2.83. The highest BCUT2D eigenvalue weighted by Crippen LogP contribution is 2.89. The zero-order valence-corrected chi connectivity index (χ0v) is 22.4. The second-order valence-electron chi connectivity index (χ2n) is 13.4. The molecule has 2 nitrogen and oxygen atoms in total. The number of hydrogen-bond acceptors (Lipinski definition) is 2. The monoisotopic (exact) mass is 391 g/mol. The van der Waals surface area contributed by atoms with Crippen molar-refractivity contribution in [2.45, 2.75) is 36.7 Å². The first-order valence-electron chi connectivity index (χ1n) is 11.6. The number of hydrogen-bond donors (Lipinski definition) is 1. The Morgan fingerprint density at radius 3 is 1.37 bits per heavy atom. The quantitative estimate of drug-likeness (QED) is 0.518. The standard InChI is InChI=1S/C16H37B12NO/c1-29(2)7-10(17,8-3-5-9(30)6-4-8)11(18)12(19,20)14(23,24)16(27,28)15(25,26)13(11,21)22/h3-6,30H,7,17-28H2,1-2H3. The van der Waals surface area contributed by atoms with Gasteiger partial charge in [0.05, 0.1) is 78.5 Å². The third-order valence-corrected chi connectivity index (χ3v) is 12.0. The van der Waals surface area contributed by atoms with Crippen molar-refractivity contribution >= 4 is 94.2 Å². The van der Waals surface area contributed by atoms with Gasteiger partial charge in [-0.05, 0) is 43.7 Å². The van der Waals surface area contributed by atoms with Gasteiger partial charge in [-0.1, -0.05) is 27.9 Å². The lowest BCUT2D eigenvalue weighted by atomic mass is 8.94. The highest BCUT2D eigenvalue weighted by atomic mass is 16.3. The van der Waals surface area contributed by atoms with Gasteiger partial charge in [0.2, 0.25) is 0 Å². The molecule has 0 amide bonds. The minimum atomic E-state index is -0.123. The number of benzene rings is 1. The van der Waals surface area contributed by atoms with Crippen molar-refractivity contribution in [3.63, 3.8) is 0 Å². The van der Waals surface area contributed by atoms with Crippen molar-refractivity contribution in [3.05, 3.63) is 29.8 Å². The summed E-state index contributed by atoms with van der Waals surface area (Å²) in [4.78, 5) is 2.34. The Labute approximate surface area is 196 Å². The van der Waals surface area contributed by atoms with Gasteiger partial charge in [-0.25, -0.2) is 0 Å². The molecule has 30 heavy (non-hydrogen) atoms. The van der Waals surface area contributed by atoms with Crippen LogP contribution in [0.5, 0.6) is 5.75 Å². The average Bonchev–Trinajstić information content (AvgIpc) is 2.58. The Morgan fingerprint density at radius 2 is 1.03 bits per heavy atom. The van der Waals surface area contributed by atoms with Crippen molar-refractivity contribution in [1.82, 2.24) is 4.90 Å². The van der Waals surface area contributed by atoms with E-state index in [0.717, 1.165) is 6.54 Å². The van der Waals surface area contributed by atoms with Crippen LogP contribution in [0.15, 0.2) is 24.3 Å². The molecule has 1 aliphatic rings. The van der Waals surface area contributed by atoms with E-state index >= 15 is 0 Å². The first-order valence-corrected chi connectivity index (χ1v) is 11.6. The first-order chi connectivity index (χ1) is 13.2. The van der Waals surface area contributed by atoms with Crippen molar-refractivity contribution in [3.8, 4) is 5.75 Å². The zero-order chi connectivity index (χ0) is 23.8. The second-order valence-corrected chi connectivity index (χ2v) is 13.4. The zero-order valence-electron chi connectivity index (χ0n) is 22.4. The molecule has 1 N–H and O–H groups in total. The summed E-state index contributed by atoms with van der Waals surface area (Å²) < 4.78 is 0. The molecule has 0 radical (unpaired) electrons. The van der Waals surface area contributed by atoms with E-state index in [0.29, 0.717) is 5.75 Å². The van der Waals surface area contributed by atoms with Gasteiger partial charge >= 0.3 is 0 Å². The van der Waals surface area contributed by atoms with Gasteiger partial charge in [0.25, 0.3) is 0 Å². The Hall–Kier alpha value is -0.241. The van der Waals surface area contributed by atoms with E-state index in [1.807, 2.05) is 12.1 Å². The van der Waals surface area contributed by atoms with E-state index in [2.05, 4.69) is 125 Å². The lowest BCUT2D eigenvalue weighted by Crippen LogP contribution is -2.72. The van der Waals surface area contributed by atoms with Crippen molar-refractivity contribution in [2.75, 3.05) is 20.6 Å². The summed E-state index contributed by atoms with van der Waals surface area (Å²) >= 11 is 0. The van der Waals surface area contributed by atoms with Crippen LogP contribution in [0.4, 0.5) is 0 Å². The molecule has 2 rings (SSSR count). The summed E-state index contributed by atoms with van der Waals surface area (Å²) in [6, 6.07) is 8.01. The maximum Gasteiger partial charge on any atom is 0.116 e. The van der Waals surface area contributed by atoms with E-state index in [-0.39, 0.29) is 36.7 Å². The lowest BCUT2D eigenvalue weighted by molar-refractivity contribution is 0.179. The number of nitrogens with zero attached hydrogens (tertiary/aromatic N) is 1. The van der Waals surface area contributed by atoms with Gasteiger partial charge in [-0.2, -0.15) is 0 Å². The van der Waals surface area contributed by atoms with Crippen LogP contribution in [0.2, 0.25) is 31.4 Å². The number of phenols is 1. The summed E-state index contributed by atoms with van der Waals surface area (Å²) in [6.07, 6.45) is 0. The molecule has 0 spiro atoms. The predicted molar refractivity (Wildman–Crippen MR) is 167 cm³/mol. The number of rotatable bonds is 4.